The fraction of sp³-hybridized carbons (Fsp3) is 0.667. The van der Waals surface area contributed by atoms with Crippen molar-refractivity contribution in [2.24, 2.45) is 5.92 Å². The maximum Gasteiger partial charge on any atom is 0.313 e. The summed E-state index contributed by atoms with van der Waals surface area (Å²) in [5, 5.41) is 4.29. The number of ether oxygens (including phenoxy) is 2. The van der Waals surface area contributed by atoms with E-state index in [-0.39, 0.29) is 24.1 Å². The predicted octanol–water partition coefficient (Wildman–Crippen LogP) is 2.24. The molecule has 1 fully saturated rings. The summed E-state index contributed by atoms with van der Waals surface area (Å²) in [7, 11) is 1.37. The van der Waals surface area contributed by atoms with Crippen molar-refractivity contribution in [2.45, 2.75) is 57.9 Å². The van der Waals surface area contributed by atoms with Gasteiger partial charge >= 0.3 is 11.9 Å². The highest BCUT2D eigenvalue weighted by Crippen LogP contribution is 2.36. The molecule has 0 N–H and O–H groups in total. The van der Waals surface area contributed by atoms with Crippen molar-refractivity contribution < 1.29 is 23.9 Å². The third-order valence-electron chi connectivity index (χ3n) is 4.70. The number of esters is 2. The molecule has 138 valence electrons. The Morgan fingerprint density at radius 1 is 1.20 bits per heavy atom. The summed E-state index contributed by atoms with van der Waals surface area (Å²) in [6.45, 7) is 2.54. The van der Waals surface area contributed by atoms with Crippen molar-refractivity contribution >= 4 is 17.7 Å². The molecule has 0 unspecified atom stereocenters. The predicted molar refractivity (Wildman–Crippen MR) is 89.8 cm³/mol. The Kier molecular flexibility index (Phi) is 7.16. The number of carbonyl (C=O) groups is 3. The summed E-state index contributed by atoms with van der Waals surface area (Å²) in [6.07, 6.45) is 7.37. The van der Waals surface area contributed by atoms with Gasteiger partial charge in [0.05, 0.1) is 32.9 Å². The van der Waals surface area contributed by atoms with Gasteiger partial charge in [0.15, 0.2) is 0 Å². The Morgan fingerprint density at radius 2 is 1.92 bits per heavy atom. The minimum absolute atomic E-state index is 0.00864. The van der Waals surface area contributed by atoms with Crippen LogP contribution in [-0.2, 0) is 30.4 Å². The van der Waals surface area contributed by atoms with Crippen LogP contribution < -0.4 is 0 Å². The van der Waals surface area contributed by atoms with Gasteiger partial charge in [-0.05, 0) is 44.1 Å². The number of Topliss-reactive ketones (excluding diaryl/α,β-unsaturated/α-hetero) is 1. The molecule has 1 saturated carbocycles. The van der Waals surface area contributed by atoms with E-state index in [0.717, 1.165) is 31.2 Å². The summed E-state index contributed by atoms with van der Waals surface area (Å²) < 4.78 is 11.2. The van der Waals surface area contributed by atoms with E-state index >= 15 is 0 Å². The second-order valence-corrected chi connectivity index (χ2v) is 6.36. The first-order chi connectivity index (χ1) is 12.0. The number of nitrogens with zero attached hydrogens (tertiary/aromatic N) is 2. The van der Waals surface area contributed by atoms with E-state index < -0.39 is 5.97 Å². The molecule has 7 heteroatoms. The SMILES string of the molecule is CCOC(=O)CC(=O)C1CCC(c2cnn(CCC(=O)OC)c2)CC1. The molecule has 7 nitrogen and oxygen atoms in total. The summed E-state index contributed by atoms with van der Waals surface area (Å²) in [4.78, 5) is 34.8. The van der Waals surface area contributed by atoms with Crippen LogP contribution in [0.2, 0.25) is 0 Å². The van der Waals surface area contributed by atoms with Gasteiger partial charge in [-0.1, -0.05) is 0 Å². The molecule has 0 aliphatic heterocycles. The highest BCUT2D eigenvalue weighted by molar-refractivity contribution is 5.96. The molecule has 25 heavy (non-hydrogen) atoms. The van der Waals surface area contributed by atoms with E-state index in [1.165, 1.54) is 7.11 Å². The topological polar surface area (TPSA) is 87.5 Å². The quantitative estimate of drug-likeness (QED) is 0.528. The highest BCUT2D eigenvalue weighted by Gasteiger charge is 2.28. The Balaban J connectivity index is 1.80. The Hall–Kier alpha value is -2.18. The molecule has 1 aromatic heterocycles. The van der Waals surface area contributed by atoms with Crippen molar-refractivity contribution in [1.29, 1.82) is 0 Å². The fourth-order valence-corrected chi connectivity index (χ4v) is 3.27. The Labute approximate surface area is 147 Å². The van der Waals surface area contributed by atoms with Gasteiger partial charge < -0.3 is 9.47 Å². The minimum atomic E-state index is -0.429. The monoisotopic (exact) mass is 350 g/mol. The molecule has 0 aromatic carbocycles. The first-order valence-corrected chi connectivity index (χ1v) is 8.81. The minimum Gasteiger partial charge on any atom is -0.469 e. The van der Waals surface area contributed by atoms with Crippen LogP contribution in [0.5, 0.6) is 0 Å². The standard InChI is InChI=1S/C18H26N2O5/c1-3-25-18(23)10-16(21)14-6-4-13(5-7-14)15-11-19-20(12-15)9-8-17(22)24-2/h11-14H,3-10H2,1-2H3. The first-order valence-electron chi connectivity index (χ1n) is 8.81. The van der Waals surface area contributed by atoms with Crippen LogP contribution in [0.25, 0.3) is 0 Å². The summed E-state index contributed by atoms with van der Waals surface area (Å²) in [5.41, 5.74) is 1.14. The molecular formula is C18H26N2O5. The van der Waals surface area contributed by atoms with Gasteiger partial charge in [0, 0.05) is 12.1 Å². The molecule has 0 saturated heterocycles. The van der Waals surface area contributed by atoms with Crippen molar-refractivity contribution in [3.8, 4) is 0 Å². The van der Waals surface area contributed by atoms with E-state index in [4.69, 9.17) is 4.74 Å². The van der Waals surface area contributed by atoms with Crippen LogP contribution in [0.4, 0.5) is 0 Å². The number of hydrogen-bond donors (Lipinski definition) is 0. The lowest BCUT2D eigenvalue weighted by Gasteiger charge is -2.26. The number of carbonyl (C=O) groups excluding carboxylic acids is 3. The summed E-state index contributed by atoms with van der Waals surface area (Å²) in [6, 6.07) is 0. The van der Waals surface area contributed by atoms with Crippen molar-refractivity contribution in [3.63, 3.8) is 0 Å². The maximum absolute atomic E-state index is 12.1. The first kappa shape index (κ1) is 19.1. The van der Waals surface area contributed by atoms with Crippen LogP contribution in [0, 0.1) is 5.92 Å². The molecule has 1 heterocycles. The van der Waals surface area contributed by atoms with E-state index in [0.29, 0.717) is 25.5 Å². The zero-order chi connectivity index (χ0) is 18.2. The smallest absolute Gasteiger partial charge is 0.313 e. The van der Waals surface area contributed by atoms with Crippen LogP contribution >= 0.6 is 0 Å². The third-order valence-corrected chi connectivity index (χ3v) is 4.70. The molecule has 2 rings (SSSR count). The van der Waals surface area contributed by atoms with Crippen LogP contribution in [0.15, 0.2) is 12.4 Å². The van der Waals surface area contributed by atoms with E-state index in [9.17, 15) is 14.4 Å². The molecule has 0 spiro atoms. The zero-order valence-electron chi connectivity index (χ0n) is 14.9. The Morgan fingerprint density at radius 3 is 2.56 bits per heavy atom. The molecule has 1 aliphatic rings. The van der Waals surface area contributed by atoms with E-state index in [1.807, 2.05) is 12.4 Å². The lowest BCUT2D eigenvalue weighted by atomic mass is 9.77. The van der Waals surface area contributed by atoms with E-state index in [2.05, 4.69) is 9.84 Å². The molecule has 0 radical (unpaired) electrons. The second-order valence-electron chi connectivity index (χ2n) is 6.36. The van der Waals surface area contributed by atoms with Crippen molar-refractivity contribution in [2.75, 3.05) is 13.7 Å². The summed E-state index contributed by atoms with van der Waals surface area (Å²) in [5.74, 6) is -0.363. The largest absolute Gasteiger partial charge is 0.469 e. The maximum atomic E-state index is 12.1. The van der Waals surface area contributed by atoms with Crippen LogP contribution in [0.1, 0.15) is 56.9 Å². The molecular weight excluding hydrogens is 324 g/mol. The molecule has 0 atom stereocenters. The Bertz CT molecular complexity index is 602. The number of aromatic nitrogens is 2. The average Bonchev–Trinajstić information content (AvgIpc) is 3.09. The third kappa shape index (κ3) is 5.69. The number of ketones is 1. The van der Waals surface area contributed by atoms with Gasteiger partial charge in [-0.2, -0.15) is 5.10 Å². The molecule has 1 aromatic rings. The molecule has 1 aliphatic carbocycles. The summed E-state index contributed by atoms with van der Waals surface area (Å²) >= 11 is 0. The lowest BCUT2D eigenvalue weighted by Crippen LogP contribution is -2.23. The number of methoxy groups -OCH3 is 1. The zero-order valence-corrected chi connectivity index (χ0v) is 14.9. The number of aryl methyl sites for hydroxylation is 1. The number of rotatable bonds is 8. The van der Waals surface area contributed by atoms with Gasteiger partial charge in [0.2, 0.25) is 0 Å². The van der Waals surface area contributed by atoms with Gasteiger partial charge in [-0.3, -0.25) is 19.1 Å². The molecule has 0 amide bonds. The van der Waals surface area contributed by atoms with Crippen molar-refractivity contribution in [3.05, 3.63) is 18.0 Å². The fourth-order valence-electron chi connectivity index (χ4n) is 3.27. The van der Waals surface area contributed by atoms with Gasteiger partial charge in [-0.15, -0.1) is 0 Å². The average molecular weight is 350 g/mol. The van der Waals surface area contributed by atoms with Gasteiger partial charge in [0.25, 0.3) is 0 Å². The normalized spacial score (nSPS) is 20.1. The van der Waals surface area contributed by atoms with Gasteiger partial charge in [0.1, 0.15) is 12.2 Å². The second kappa shape index (κ2) is 9.34. The van der Waals surface area contributed by atoms with E-state index in [1.54, 1.807) is 11.6 Å². The van der Waals surface area contributed by atoms with Crippen LogP contribution in [-0.4, -0.2) is 41.2 Å². The van der Waals surface area contributed by atoms with Gasteiger partial charge in [-0.25, -0.2) is 0 Å². The van der Waals surface area contributed by atoms with Crippen LogP contribution in [0.3, 0.4) is 0 Å². The van der Waals surface area contributed by atoms with Crippen molar-refractivity contribution in [1.82, 2.24) is 9.78 Å². The lowest BCUT2D eigenvalue weighted by molar-refractivity contribution is -0.146. The number of hydrogen-bond acceptors (Lipinski definition) is 6. The molecule has 0 bridgehead atoms. The highest BCUT2D eigenvalue weighted by atomic mass is 16.5.